The lowest BCUT2D eigenvalue weighted by Crippen LogP contribution is -2.13. The van der Waals surface area contributed by atoms with E-state index in [1.807, 2.05) is 10.9 Å². The van der Waals surface area contributed by atoms with Crippen molar-refractivity contribution in [3.63, 3.8) is 0 Å². The van der Waals surface area contributed by atoms with Gasteiger partial charge in [0.05, 0.1) is 6.20 Å². The zero-order valence-electron chi connectivity index (χ0n) is 9.69. The van der Waals surface area contributed by atoms with E-state index < -0.39 is 0 Å². The summed E-state index contributed by atoms with van der Waals surface area (Å²) in [4.78, 5) is 0. The van der Waals surface area contributed by atoms with Gasteiger partial charge in [0, 0.05) is 18.7 Å². The third kappa shape index (κ3) is 2.59. The molecule has 3 heteroatoms. The average molecular weight is 207 g/mol. The molecule has 0 bridgehead atoms. The van der Waals surface area contributed by atoms with Crippen molar-refractivity contribution in [2.24, 2.45) is 17.6 Å². The lowest BCUT2D eigenvalue weighted by molar-refractivity contribution is 0.482. The van der Waals surface area contributed by atoms with Crippen molar-refractivity contribution >= 4 is 0 Å². The Hall–Kier alpha value is -0.830. The van der Waals surface area contributed by atoms with Gasteiger partial charge in [0.1, 0.15) is 0 Å². The first-order valence-corrected chi connectivity index (χ1v) is 5.93. The van der Waals surface area contributed by atoms with E-state index in [0.717, 1.165) is 19.0 Å². The summed E-state index contributed by atoms with van der Waals surface area (Å²) in [6.45, 7) is 6.19. The van der Waals surface area contributed by atoms with E-state index in [1.165, 1.54) is 18.4 Å². The maximum Gasteiger partial charge on any atom is 0.0525 e. The van der Waals surface area contributed by atoms with Gasteiger partial charge in [0.15, 0.2) is 0 Å². The summed E-state index contributed by atoms with van der Waals surface area (Å²) in [6, 6.07) is 0. The second-order valence-corrected chi connectivity index (χ2v) is 5.07. The highest BCUT2D eigenvalue weighted by molar-refractivity contribution is 5.15. The fourth-order valence-electron chi connectivity index (χ4n) is 2.14. The predicted molar refractivity (Wildman–Crippen MR) is 61.6 cm³/mol. The van der Waals surface area contributed by atoms with Crippen LogP contribution in [0.3, 0.4) is 0 Å². The van der Waals surface area contributed by atoms with Crippen molar-refractivity contribution < 1.29 is 0 Å². The topological polar surface area (TPSA) is 43.8 Å². The summed E-state index contributed by atoms with van der Waals surface area (Å²) in [5, 5.41) is 4.40. The molecule has 15 heavy (non-hydrogen) atoms. The van der Waals surface area contributed by atoms with Crippen molar-refractivity contribution in [2.45, 2.75) is 39.2 Å². The van der Waals surface area contributed by atoms with Gasteiger partial charge < -0.3 is 5.73 Å². The Bertz CT molecular complexity index is 312. The van der Waals surface area contributed by atoms with E-state index in [0.29, 0.717) is 11.8 Å². The fourth-order valence-corrected chi connectivity index (χ4v) is 2.14. The number of hydrogen-bond donors (Lipinski definition) is 1. The molecule has 1 atom stereocenters. The Kier molecular flexibility index (Phi) is 3.10. The van der Waals surface area contributed by atoms with E-state index in [4.69, 9.17) is 5.73 Å². The summed E-state index contributed by atoms with van der Waals surface area (Å²) in [7, 11) is 0. The summed E-state index contributed by atoms with van der Waals surface area (Å²) in [5.41, 5.74) is 7.15. The summed E-state index contributed by atoms with van der Waals surface area (Å²) < 4.78 is 2.05. The van der Waals surface area contributed by atoms with Crippen LogP contribution < -0.4 is 5.73 Å². The molecule has 0 saturated heterocycles. The van der Waals surface area contributed by atoms with Crippen LogP contribution >= 0.6 is 0 Å². The van der Waals surface area contributed by atoms with Gasteiger partial charge in [0.2, 0.25) is 0 Å². The molecular formula is C12H21N3. The monoisotopic (exact) mass is 207 g/mol. The van der Waals surface area contributed by atoms with Gasteiger partial charge in [-0.1, -0.05) is 13.8 Å². The van der Waals surface area contributed by atoms with Gasteiger partial charge in [-0.15, -0.1) is 0 Å². The van der Waals surface area contributed by atoms with E-state index >= 15 is 0 Å². The van der Waals surface area contributed by atoms with Crippen molar-refractivity contribution in [2.75, 3.05) is 6.54 Å². The third-order valence-corrected chi connectivity index (χ3v) is 3.08. The maximum atomic E-state index is 5.82. The van der Waals surface area contributed by atoms with Gasteiger partial charge >= 0.3 is 0 Å². The highest BCUT2D eigenvalue weighted by Crippen LogP contribution is 2.41. The minimum Gasteiger partial charge on any atom is -0.330 e. The van der Waals surface area contributed by atoms with Crippen LogP contribution in [0.1, 0.15) is 38.2 Å². The zero-order chi connectivity index (χ0) is 10.8. The van der Waals surface area contributed by atoms with Gasteiger partial charge in [-0.05, 0) is 36.8 Å². The molecule has 0 radical (unpaired) electrons. The van der Waals surface area contributed by atoms with Crippen LogP contribution in [0.5, 0.6) is 0 Å². The molecule has 1 saturated carbocycles. The molecule has 1 aromatic heterocycles. The van der Waals surface area contributed by atoms with Crippen LogP contribution in [-0.2, 0) is 6.54 Å². The molecule has 1 fully saturated rings. The van der Waals surface area contributed by atoms with Gasteiger partial charge in [-0.25, -0.2) is 0 Å². The van der Waals surface area contributed by atoms with E-state index in [2.05, 4.69) is 25.1 Å². The van der Waals surface area contributed by atoms with Gasteiger partial charge in [0.25, 0.3) is 0 Å². The number of hydrogen-bond acceptors (Lipinski definition) is 2. The first kappa shape index (κ1) is 10.7. The third-order valence-electron chi connectivity index (χ3n) is 3.08. The lowest BCUT2D eigenvalue weighted by Gasteiger charge is -2.10. The highest BCUT2D eigenvalue weighted by atomic mass is 15.3. The number of nitrogens with zero attached hydrogens (tertiary/aromatic N) is 2. The average Bonchev–Trinajstić information content (AvgIpc) is 2.89. The molecule has 1 aliphatic rings. The van der Waals surface area contributed by atoms with Gasteiger partial charge in [-0.2, -0.15) is 5.10 Å². The van der Waals surface area contributed by atoms with Crippen LogP contribution in [-0.4, -0.2) is 16.3 Å². The molecule has 0 amide bonds. The first-order valence-electron chi connectivity index (χ1n) is 5.93. The molecule has 1 aromatic rings. The number of aromatic nitrogens is 2. The van der Waals surface area contributed by atoms with E-state index in [-0.39, 0.29) is 0 Å². The minimum absolute atomic E-state index is 0.547. The maximum absolute atomic E-state index is 5.82. The number of nitrogens with two attached hydrogens (primary N) is 1. The molecular weight excluding hydrogens is 186 g/mol. The second kappa shape index (κ2) is 4.35. The lowest BCUT2D eigenvalue weighted by atomic mass is 9.98. The van der Waals surface area contributed by atoms with E-state index in [9.17, 15) is 0 Å². The molecule has 0 aromatic carbocycles. The molecule has 2 rings (SSSR count). The number of rotatable bonds is 5. The van der Waals surface area contributed by atoms with Crippen molar-refractivity contribution in [3.8, 4) is 0 Å². The Labute approximate surface area is 91.7 Å². The molecule has 0 spiro atoms. The second-order valence-electron chi connectivity index (χ2n) is 5.07. The quantitative estimate of drug-likeness (QED) is 0.802. The Morgan fingerprint density at radius 2 is 2.27 bits per heavy atom. The summed E-state index contributed by atoms with van der Waals surface area (Å²) >= 11 is 0. The standard InChI is InChI=1S/C12H21N3/c1-9(2)7-15-8-11(6-14-15)12(5-13)10-3-4-10/h6,8-10,12H,3-5,7,13H2,1-2H3. The first-order chi connectivity index (χ1) is 7.20. The largest absolute Gasteiger partial charge is 0.330 e. The Morgan fingerprint density at radius 1 is 1.53 bits per heavy atom. The van der Waals surface area contributed by atoms with Crippen LogP contribution in [0.15, 0.2) is 12.4 Å². The van der Waals surface area contributed by atoms with Crippen LogP contribution in [0.2, 0.25) is 0 Å². The molecule has 3 nitrogen and oxygen atoms in total. The minimum atomic E-state index is 0.547. The van der Waals surface area contributed by atoms with Crippen LogP contribution in [0.4, 0.5) is 0 Å². The zero-order valence-corrected chi connectivity index (χ0v) is 9.69. The van der Waals surface area contributed by atoms with Gasteiger partial charge in [-0.3, -0.25) is 4.68 Å². The van der Waals surface area contributed by atoms with Crippen molar-refractivity contribution in [3.05, 3.63) is 18.0 Å². The summed E-state index contributed by atoms with van der Waals surface area (Å²) in [6.07, 6.45) is 6.86. The molecule has 1 unspecified atom stereocenters. The highest BCUT2D eigenvalue weighted by Gasteiger charge is 2.31. The molecule has 1 aliphatic carbocycles. The molecule has 1 heterocycles. The smallest absolute Gasteiger partial charge is 0.0525 e. The van der Waals surface area contributed by atoms with Crippen molar-refractivity contribution in [1.29, 1.82) is 0 Å². The van der Waals surface area contributed by atoms with Crippen molar-refractivity contribution in [1.82, 2.24) is 9.78 Å². The molecule has 0 aliphatic heterocycles. The van der Waals surface area contributed by atoms with Crippen LogP contribution in [0.25, 0.3) is 0 Å². The fraction of sp³-hybridized carbons (Fsp3) is 0.750. The Morgan fingerprint density at radius 3 is 2.80 bits per heavy atom. The SMILES string of the molecule is CC(C)Cn1cc(C(CN)C2CC2)cn1. The Balaban J connectivity index is 2.04. The normalized spacial score (nSPS) is 18.4. The summed E-state index contributed by atoms with van der Waals surface area (Å²) in [5.74, 6) is 2.02. The molecule has 2 N–H and O–H groups in total. The predicted octanol–water partition coefficient (Wildman–Crippen LogP) is 1.99. The van der Waals surface area contributed by atoms with Crippen LogP contribution in [0, 0.1) is 11.8 Å². The van der Waals surface area contributed by atoms with E-state index in [1.54, 1.807) is 0 Å². The molecule has 84 valence electrons.